The Morgan fingerprint density at radius 1 is 1.12 bits per heavy atom. The van der Waals surface area contributed by atoms with E-state index in [9.17, 15) is 21.6 Å². The molecule has 10 heteroatoms. The molecule has 1 heterocycles. The van der Waals surface area contributed by atoms with E-state index in [1.54, 1.807) is 30.3 Å². The van der Waals surface area contributed by atoms with Crippen molar-refractivity contribution in [1.82, 2.24) is 9.66 Å². The Bertz CT molecular complexity index is 998. The lowest BCUT2D eigenvalue weighted by molar-refractivity contribution is -0.139. The fraction of sp³-hybridized carbons (Fsp3) is 0.0714. The van der Waals surface area contributed by atoms with Crippen molar-refractivity contribution in [3.8, 4) is 0 Å². The van der Waals surface area contributed by atoms with Crippen LogP contribution in [-0.4, -0.2) is 18.1 Å². The quantitative estimate of drug-likeness (QED) is 0.755. The van der Waals surface area contributed by atoms with Crippen LogP contribution in [0.2, 0.25) is 0 Å². The monoisotopic (exact) mass is 356 g/mol. The molecule has 0 fully saturated rings. The summed E-state index contributed by atoms with van der Waals surface area (Å²) in [6.45, 7) is 0. The van der Waals surface area contributed by atoms with Gasteiger partial charge in [-0.25, -0.2) is 23.2 Å². The van der Waals surface area contributed by atoms with E-state index in [0.29, 0.717) is 11.8 Å². The van der Waals surface area contributed by atoms with Crippen LogP contribution in [0.3, 0.4) is 0 Å². The van der Waals surface area contributed by atoms with Crippen molar-refractivity contribution in [2.24, 2.45) is 5.14 Å². The van der Waals surface area contributed by atoms with E-state index in [-0.39, 0.29) is 11.0 Å². The Morgan fingerprint density at radius 2 is 1.79 bits per heavy atom. The molecule has 0 aliphatic rings. The van der Waals surface area contributed by atoms with E-state index in [1.807, 2.05) is 0 Å². The van der Waals surface area contributed by atoms with Crippen LogP contribution in [-0.2, 0) is 16.2 Å². The van der Waals surface area contributed by atoms with Crippen molar-refractivity contribution in [2.45, 2.75) is 11.1 Å². The number of sulfonamides is 1. The Hall–Kier alpha value is -2.59. The molecule has 0 bridgehead atoms. The van der Waals surface area contributed by atoms with Gasteiger partial charge in [0.25, 0.3) is 0 Å². The summed E-state index contributed by atoms with van der Waals surface area (Å²) in [5.41, 5.74) is 2.34. The van der Waals surface area contributed by atoms with E-state index in [2.05, 4.69) is 10.4 Å². The molecule has 2 aromatic carbocycles. The lowest BCUT2D eigenvalue weighted by atomic mass is 10.2. The highest BCUT2D eigenvalue weighted by molar-refractivity contribution is 7.89. The Balaban J connectivity index is 2.19. The first kappa shape index (κ1) is 16.3. The lowest BCUT2D eigenvalue weighted by Crippen LogP contribution is -2.19. The number of nitrogens with two attached hydrogens (primary N) is 1. The smallest absolute Gasteiger partial charge is 0.293 e. The molecule has 3 N–H and O–H groups in total. The Kier molecular flexibility index (Phi) is 3.73. The van der Waals surface area contributed by atoms with Crippen LogP contribution in [0.5, 0.6) is 0 Å². The molecule has 0 atom stereocenters. The van der Waals surface area contributed by atoms with E-state index in [0.717, 1.165) is 6.07 Å². The maximum Gasteiger partial charge on any atom is 0.417 e. The van der Waals surface area contributed by atoms with Gasteiger partial charge in [-0.05, 0) is 24.3 Å². The molecule has 0 spiro atoms. The lowest BCUT2D eigenvalue weighted by Gasteiger charge is -2.13. The van der Waals surface area contributed by atoms with Gasteiger partial charge in [-0.3, -0.25) is 5.43 Å². The van der Waals surface area contributed by atoms with Crippen LogP contribution in [0.4, 0.5) is 18.9 Å². The third-order valence-corrected chi connectivity index (χ3v) is 4.23. The minimum atomic E-state index is -4.87. The third-order valence-electron chi connectivity index (χ3n) is 3.28. The van der Waals surface area contributed by atoms with Gasteiger partial charge in [0.05, 0.1) is 27.2 Å². The summed E-state index contributed by atoms with van der Waals surface area (Å²) in [6.07, 6.45) is -3.61. The molecule has 126 valence electrons. The predicted molar refractivity (Wildman–Crippen MR) is 81.6 cm³/mol. The fourth-order valence-corrected chi connectivity index (χ4v) is 2.99. The second-order valence-electron chi connectivity index (χ2n) is 4.97. The fourth-order valence-electron chi connectivity index (χ4n) is 2.23. The number of hydrogen-bond donors (Lipinski definition) is 2. The molecule has 3 rings (SSSR count). The number of halogens is 3. The van der Waals surface area contributed by atoms with Gasteiger partial charge in [0.1, 0.15) is 6.33 Å². The standard InChI is InChI=1S/C14H11F3N4O2S/c15-14(16,17)10-6-11-12(7-13(10)24(18,22)23)21(8-19-11)20-9-4-2-1-3-5-9/h1-8,20H,(H2,18,22,23). The highest BCUT2D eigenvalue weighted by Gasteiger charge is 2.37. The summed E-state index contributed by atoms with van der Waals surface area (Å²) in [7, 11) is -4.56. The third kappa shape index (κ3) is 3.05. The average molecular weight is 356 g/mol. The van der Waals surface area contributed by atoms with Crippen molar-refractivity contribution in [2.75, 3.05) is 5.43 Å². The summed E-state index contributed by atoms with van der Waals surface area (Å²) in [4.78, 5) is 2.88. The second kappa shape index (κ2) is 5.49. The highest BCUT2D eigenvalue weighted by atomic mass is 32.2. The van der Waals surface area contributed by atoms with Gasteiger partial charge in [0.15, 0.2) is 0 Å². The van der Waals surface area contributed by atoms with Crippen molar-refractivity contribution >= 4 is 26.7 Å². The van der Waals surface area contributed by atoms with E-state index in [1.165, 1.54) is 11.0 Å². The molecule has 0 aliphatic heterocycles. The largest absolute Gasteiger partial charge is 0.417 e. The SMILES string of the molecule is NS(=O)(=O)c1cc2c(cc1C(F)(F)F)ncn2Nc1ccccc1. The molecule has 0 saturated heterocycles. The minimum Gasteiger partial charge on any atom is -0.293 e. The molecule has 1 aromatic heterocycles. The number of para-hydroxylation sites is 1. The van der Waals surface area contributed by atoms with Gasteiger partial charge in [-0.1, -0.05) is 18.2 Å². The molecule has 3 aromatic rings. The van der Waals surface area contributed by atoms with Gasteiger partial charge in [0.2, 0.25) is 10.0 Å². The zero-order valence-electron chi connectivity index (χ0n) is 11.9. The first-order valence-corrected chi connectivity index (χ1v) is 8.14. The van der Waals surface area contributed by atoms with Crippen molar-refractivity contribution in [1.29, 1.82) is 0 Å². The molecule has 0 radical (unpaired) electrons. The Morgan fingerprint density at radius 3 is 2.38 bits per heavy atom. The number of aromatic nitrogens is 2. The topological polar surface area (TPSA) is 90.0 Å². The van der Waals surface area contributed by atoms with E-state index in [4.69, 9.17) is 5.14 Å². The molecular formula is C14H11F3N4O2S. The number of fused-ring (bicyclic) bond motifs is 1. The summed E-state index contributed by atoms with van der Waals surface area (Å²) < 4.78 is 63.7. The number of anilines is 1. The van der Waals surface area contributed by atoms with E-state index < -0.39 is 26.7 Å². The zero-order chi connectivity index (χ0) is 17.5. The predicted octanol–water partition coefficient (Wildman–Crippen LogP) is 2.58. The second-order valence-corrected chi connectivity index (χ2v) is 6.50. The van der Waals surface area contributed by atoms with Crippen molar-refractivity contribution < 1.29 is 21.6 Å². The molecule has 0 saturated carbocycles. The summed E-state index contributed by atoms with van der Waals surface area (Å²) >= 11 is 0. The van der Waals surface area contributed by atoms with Gasteiger partial charge in [0, 0.05) is 0 Å². The van der Waals surface area contributed by atoms with Gasteiger partial charge in [-0.2, -0.15) is 13.2 Å². The Labute approximate surface area is 134 Å². The number of nitrogens with zero attached hydrogens (tertiary/aromatic N) is 2. The zero-order valence-corrected chi connectivity index (χ0v) is 12.8. The number of alkyl halides is 3. The highest BCUT2D eigenvalue weighted by Crippen LogP contribution is 2.36. The molecule has 6 nitrogen and oxygen atoms in total. The summed E-state index contributed by atoms with van der Waals surface area (Å²) in [6, 6.07) is 10.3. The molecule has 0 amide bonds. The normalized spacial score (nSPS) is 12.5. The number of benzene rings is 2. The molecule has 24 heavy (non-hydrogen) atoms. The van der Waals surface area contributed by atoms with Gasteiger partial charge in [-0.15, -0.1) is 0 Å². The maximum absolute atomic E-state index is 13.1. The minimum absolute atomic E-state index is 0.0156. The first-order chi connectivity index (χ1) is 11.2. The van der Waals surface area contributed by atoms with Crippen molar-refractivity contribution in [3.05, 3.63) is 54.4 Å². The van der Waals surface area contributed by atoms with E-state index >= 15 is 0 Å². The number of primary sulfonamides is 1. The maximum atomic E-state index is 13.1. The number of nitrogens with one attached hydrogen (secondary N) is 1. The molecule has 0 unspecified atom stereocenters. The van der Waals surface area contributed by atoms with Crippen LogP contribution >= 0.6 is 0 Å². The first-order valence-electron chi connectivity index (χ1n) is 6.59. The number of hydrogen-bond acceptors (Lipinski definition) is 4. The van der Waals surface area contributed by atoms with Crippen molar-refractivity contribution in [3.63, 3.8) is 0 Å². The van der Waals surface area contributed by atoms with Gasteiger partial charge < -0.3 is 0 Å². The number of rotatable bonds is 3. The van der Waals surface area contributed by atoms with Crippen LogP contribution < -0.4 is 10.6 Å². The molecule has 0 aliphatic carbocycles. The van der Waals surface area contributed by atoms with Crippen LogP contribution in [0, 0.1) is 0 Å². The van der Waals surface area contributed by atoms with Crippen LogP contribution in [0.25, 0.3) is 11.0 Å². The van der Waals surface area contributed by atoms with Crippen LogP contribution in [0.15, 0.2) is 53.7 Å². The summed E-state index contributed by atoms with van der Waals surface area (Å²) in [5, 5.41) is 4.94. The molecular weight excluding hydrogens is 345 g/mol. The number of imidazole rings is 1. The summed E-state index contributed by atoms with van der Waals surface area (Å²) in [5.74, 6) is 0. The van der Waals surface area contributed by atoms with Crippen LogP contribution in [0.1, 0.15) is 5.56 Å². The average Bonchev–Trinajstić information content (AvgIpc) is 2.88. The van der Waals surface area contributed by atoms with Gasteiger partial charge >= 0.3 is 6.18 Å².